The number of carbonyl (C=O) groups is 1. The second-order valence-corrected chi connectivity index (χ2v) is 6.04. The van der Waals surface area contributed by atoms with Crippen molar-refractivity contribution >= 4 is 23.6 Å². The summed E-state index contributed by atoms with van der Waals surface area (Å²) in [7, 11) is 0. The molecule has 1 aliphatic heterocycles. The third-order valence-electron chi connectivity index (χ3n) is 3.81. The molecule has 1 saturated heterocycles. The van der Waals surface area contributed by atoms with Gasteiger partial charge in [0.2, 0.25) is 5.95 Å². The summed E-state index contributed by atoms with van der Waals surface area (Å²) in [4.78, 5) is 29.7. The molecule has 2 aromatic heterocycles. The van der Waals surface area contributed by atoms with Gasteiger partial charge >= 0.3 is 0 Å². The molecule has 0 saturated carbocycles. The Morgan fingerprint density at radius 1 is 1.04 bits per heavy atom. The number of hydrogen-bond acceptors (Lipinski definition) is 6. The van der Waals surface area contributed by atoms with Gasteiger partial charge in [0.1, 0.15) is 5.03 Å². The highest BCUT2D eigenvalue weighted by molar-refractivity contribution is 7.98. The number of pyridine rings is 1. The van der Waals surface area contributed by atoms with E-state index in [4.69, 9.17) is 0 Å². The van der Waals surface area contributed by atoms with Crippen molar-refractivity contribution in [1.82, 2.24) is 19.9 Å². The van der Waals surface area contributed by atoms with Gasteiger partial charge in [-0.25, -0.2) is 15.0 Å². The molecule has 0 N–H and O–H groups in total. The summed E-state index contributed by atoms with van der Waals surface area (Å²) >= 11 is 1.50. The Hall–Kier alpha value is -2.15. The molecule has 3 rings (SSSR count). The van der Waals surface area contributed by atoms with Gasteiger partial charge in [-0.3, -0.25) is 4.79 Å². The van der Waals surface area contributed by atoms with E-state index in [9.17, 15) is 4.79 Å². The highest BCUT2D eigenvalue weighted by Gasteiger charge is 2.23. The van der Waals surface area contributed by atoms with Crippen molar-refractivity contribution in [2.75, 3.05) is 37.3 Å². The number of aromatic nitrogens is 3. The zero-order valence-electron chi connectivity index (χ0n) is 13.1. The fourth-order valence-electron chi connectivity index (χ4n) is 2.66. The lowest BCUT2D eigenvalue weighted by molar-refractivity contribution is 0.0762. The number of carbonyl (C=O) groups excluding carboxylic acids is 1. The van der Waals surface area contributed by atoms with Gasteiger partial charge in [-0.05, 0) is 30.9 Å². The van der Waals surface area contributed by atoms with Gasteiger partial charge in [0, 0.05) is 44.8 Å². The van der Waals surface area contributed by atoms with Crippen molar-refractivity contribution in [3.63, 3.8) is 0 Å². The molecule has 1 aliphatic rings. The van der Waals surface area contributed by atoms with Crippen LogP contribution in [0, 0.1) is 0 Å². The number of thioether (sulfide) groups is 1. The Morgan fingerprint density at radius 2 is 1.83 bits per heavy atom. The summed E-state index contributed by atoms with van der Waals surface area (Å²) < 4.78 is 0. The predicted octanol–water partition coefficient (Wildman–Crippen LogP) is 1.95. The summed E-state index contributed by atoms with van der Waals surface area (Å²) in [5.41, 5.74) is 0.685. The van der Waals surface area contributed by atoms with Crippen LogP contribution in [0.1, 0.15) is 16.8 Å². The molecule has 7 heteroatoms. The van der Waals surface area contributed by atoms with Gasteiger partial charge in [-0.1, -0.05) is 0 Å². The smallest absolute Gasteiger partial charge is 0.256 e. The molecule has 120 valence electrons. The largest absolute Gasteiger partial charge is 0.339 e. The average Bonchev–Trinajstić information content (AvgIpc) is 2.88. The fourth-order valence-corrected chi connectivity index (χ4v) is 3.20. The van der Waals surface area contributed by atoms with Crippen LogP contribution in [0.2, 0.25) is 0 Å². The molecule has 0 aliphatic carbocycles. The number of amides is 1. The molecule has 0 atom stereocenters. The lowest BCUT2D eigenvalue weighted by atomic mass is 10.2. The molecule has 0 unspecified atom stereocenters. The van der Waals surface area contributed by atoms with E-state index in [-0.39, 0.29) is 5.91 Å². The van der Waals surface area contributed by atoms with E-state index in [0.717, 1.165) is 37.0 Å². The quantitative estimate of drug-likeness (QED) is 0.802. The second-order valence-electron chi connectivity index (χ2n) is 5.24. The molecule has 1 fully saturated rings. The molecule has 0 bridgehead atoms. The second kappa shape index (κ2) is 7.41. The molecule has 0 spiro atoms. The molecule has 0 radical (unpaired) electrons. The van der Waals surface area contributed by atoms with E-state index in [0.29, 0.717) is 12.1 Å². The van der Waals surface area contributed by atoms with Crippen molar-refractivity contribution in [3.05, 3.63) is 42.4 Å². The fraction of sp³-hybridized carbons (Fsp3) is 0.375. The SMILES string of the molecule is CSc1ncccc1C(=O)N1CCCN(c2ncccn2)CC1. The van der Waals surface area contributed by atoms with E-state index in [1.54, 1.807) is 18.6 Å². The van der Waals surface area contributed by atoms with Gasteiger partial charge in [0.15, 0.2) is 0 Å². The standard InChI is InChI=1S/C16H19N5OS/c1-23-14-13(5-2-6-17-14)15(22)20-9-4-10-21(12-11-20)16-18-7-3-8-19-16/h2-3,5-8H,4,9-12H2,1H3. The minimum atomic E-state index is 0.0540. The van der Waals surface area contributed by atoms with Crippen molar-refractivity contribution < 1.29 is 4.79 Å². The Balaban J connectivity index is 1.71. The molecular formula is C16H19N5OS. The Kier molecular flexibility index (Phi) is 5.07. The molecule has 1 amide bonds. The first kappa shape index (κ1) is 15.7. The zero-order valence-corrected chi connectivity index (χ0v) is 13.9. The van der Waals surface area contributed by atoms with Gasteiger partial charge < -0.3 is 9.80 Å². The van der Waals surface area contributed by atoms with Crippen LogP contribution < -0.4 is 4.90 Å². The average molecular weight is 329 g/mol. The Bertz CT molecular complexity index is 667. The molecule has 0 aromatic carbocycles. The van der Waals surface area contributed by atoms with Crippen molar-refractivity contribution in [1.29, 1.82) is 0 Å². The highest BCUT2D eigenvalue weighted by Crippen LogP contribution is 2.20. The van der Waals surface area contributed by atoms with Crippen molar-refractivity contribution in [2.45, 2.75) is 11.4 Å². The first-order chi connectivity index (χ1) is 11.3. The summed E-state index contributed by atoms with van der Waals surface area (Å²) in [5.74, 6) is 0.784. The summed E-state index contributed by atoms with van der Waals surface area (Å²) in [6.45, 7) is 3.01. The number of anilines is 1. The molecule has 23 heavy (non-hydrogen) atoms. The van der Waals surface area contributed by atoms with Crippen LogP contribution in [0.15, 0.2) is 41.8 Å². The van der Waals surface area contributed by atoms with E-state index >= 15 is 0 Å². The van der Waals surface area contributed by atoms with Gasteiger partial charge in [0.25, 0.3) is 5.91 Å². The topological polar surface area (TPSA) is 62.2 Å². The molecule has 2 aromatic rings. The third-order valence-corrected chi connectivity index (χ3v) is 4.53. The minimum Gasteiger partial charge on any atom is -0.339 e. The van der Waals surface area contributed by atoms with Crippen LogP contribution in [-0.4, -0.2) is 58.2 Å². The first-order valence-corrected chi connectivity index (χ1v) is 8.82. The summed E-state index contributed by atoms with van der Waals surface area (Å²) in [6.07, 6.45) is 8.06. The normalized spacial score (nSPS) is 15.3. The van der Waals surface area contributed by atoms with Crippen LogP contribution in [0.5, 0.6) is 0 Å². The van der Waals surface area contributed by atoms with Crippen LogP contribution in [0.3, 0.4) is 0 Å². The van der Waals surface area contributed by atoms with Crippen LogP contribution in [0.4, 0.5) is 5.95 Å². The minimum absolute atomic E-state index is 0.0540. The van der Waals surface area contributed by atoms with Gasteiger partial charge in [0.05, 0.1) is 5.56 Å². The maximum atomic E-state index is 12.8. The van der Waals surface area contributed by atoms with Gasteiger partial charge in [-0.2, -0.15) is 0 Å². The highest BCUT2D eigenvalue weighted by atomic mass is 32.2. The first-order valence-electron chi connectivity index (χ1n) is 7.60. The summed E-state index contributed by atoms with van der Waals surface area (Å²) in [6, 6.07) is 5.47. The lowest BCUT2D eigenvalue weighted by Gasteiger charge is -2.22. The maximum absolute atomic E-state index is 12.8. The Morgan fingerprint density at radius 3 is 2.61 bits per heavy atom. The van der Waals surface area contributed by atoms with E-state index in [1.807, 2.05) is 29.4 Å². The zero-order chi connectivity index (χ0) is 16.1. The van der Waals surface area contributed by atoms with E-state index in [2.05, 4.69) is 19.9 Å². The van der Waals surface area contributed by atoms with Crippen molar-refractivity contribution in [3.8, 4) is 0 Å². The third kappa shape index (κ3) is 3.61. The number of rotatable bonds is 3. The monoisotopic (exact) mass is 329 g/mol. The van der Waals surface area contributed by atoms with Crippen LogP contribution in [-0.2, 0) is 0 Å². The maximum Gasteiger partial charge on any atom is 0.256 e. The summed E-state index contributed by atoms with van der Waals surface area (Å²) in [5, 5.41) is 0.782. The van der Waals surface area contributed by atoms with Gasteiger partial charge in [-0.15, -0.1) is 11.8 Å². The van der Waals surface area contributed by atoms with Crippen LogP contribution >= 0.6 is 11.8 Å². The van der Waals surface area contributed by atoms with Crippen molar-refractivity contribution in [2.24, 2.45) is 0 Å². The Labute approximate surface area is 140 Å². The lowest BCUT2D eigenvalue weighted by Crippen LogP contribution is -2.35. The predicted molar refractivity (Wildman–Crippen MR) is 90.8 cm³/mol. The number of nitrogens with zero attached hydrogens (tertiary/aromatic N) is 5. The molecular weight excluding hydrogens is 310 g/mol. The molecule has 3 heterocycles. The number of hydrogen-bond donors (Lipinski definition) is 0. The van der Waals surface area contributed by atoms with E-state index < -0.39 is 0 Å². The van der Waals surface area contributed by atoms with E-state index in [1.165, 1.54) is 11.8 Å². The molecule has 6 nitrogen and oxygen atoms in total. The van der Waals surface area contributed by atoms with Crippen LogP contribution in [0.25, 0.3) is 0 Å².